The van der Waals surface area contributed by atoms with E-state index in [1.807, 2.05) is 30.4 Å². The summed E-state index contributed by atoms with van der Waals surface area (Å²) < 4.78 is 10.9. The summed E-state index contributed by atoms with van der Waals surface area (Å²) in [6.07, 6.45) is 3.52. The van der Waals surface area contributed by atoms with Crippen LogP contribution >= 0.6 is 11.3 Å². The quantitative estimate of drug-likeness (QED) is 0.620. The number of aryl methyl sites for hydroxylation is 2. The average molecular weight is 398 g/mol. The highest BCUT2D eigenvalue weighted by Crippen LogP contribution is 2.41. The second kappa shape index (κ2) is 7.59. The lowest BCUT2D eigenvalue weighted by Gasteiger charge is -2.23. The van der Waals surface area contributed by atoms with Gasteiger partial charge >= 0.3 is 0 Å². The Kier molecular flexibility index (Phi) is 5.15. The molecule has 2 heterocycles. The molecule has 2 aromatic heterocycles. The van der Waals surface area contributed by atoms with Crippen molar-refractivity contribution in [3.05, 3.63) is 40.0 Å². The molecule has 0 bridgehead atoms. The molecule has 3 aromatic rings. The fraction of sp³-hybridized carbons (Fsp3) is 0.455. The summed E-state index contributed by atoms with van der Waals surface area (Å²) in [5, 5.41) is 1.24. The van der Waals surface area contributed by atoms with E-state index in [1.165, 1.54) is 22.2 Å². The molecule has 1 aliphatic carbocycles. The Bertz CT molecular complexity index is 1010. The Morgan fingerprint density at radius 2 is 2.04 bits per heavy atom. The molecular formula is C22H27N3O2S. The number of hydrogen-bond donors (Lipinski definition) is 0. The fourth-order valence-electron chi connectivity index (χ4n) is 4.02. The molecular weight excluding hydrogens is 370 g/mol. The Labute approximate surface area is 170 Å². The number of aromatic nitrogens is 2. The first-order valence-electron chi connectivity index (χ1n) is 9.71. The van der Waals surface area contributed by atoms with Crippen molar-refractivity contribution in [1.29, 1.82) is 0 Å². The topological polar surface area (TPSA) is 47.5 Å². The van der Waals surface area contributed by atoms with Crippen LogP contribution in [-0.2, 0) is 19.4 Å². The van der Waals surface area contributed by atoms with Gasteiger partial charge in [-0.3, -0.25) is 0 Å². The summed E-state index contributed by atoms with van der Waals surface area (Å²) in [5.74, 6) is 4.22. The van der Waals surface area contributed by atoms with Crippen LogP contribution in [0.1, 0.15) is 35.2 Å². The van der Waals surface area contributed by atoms with E-state index in [-0.39, 0.29) is 0 Å². The first-order valence-corrected chi connectivity index (χ1v) is 10.5. The normalized spacial score (nSPS) is 16.1. The van der Waals surface area contributed by atoms with Gasteiger partial charge in [0.1, 0.15) is 28.0 Å². The van der Waals surface area contributed by atoms with Crippen molar-refractivity contribution in [3.63, 3.8) is 0 Å². The molecule has 5 nitrogen and oxygen atoms in total. The predicted molar refractivity (Wildman–Crippen MR) is 115 cm³/mol. The van der Waals surface area contributed by atoms with Crippen LogP contribution in [0.3, 0.4) is 0 Å². The summed E-state index contributed by atoms with van der Waals surface area (Å²) in [5.41, 5.74) is 2.56. The van der Waals surface area contributed by atoms with E-state index in [0.717, 1.165) is 52.3 Å². The molecule has 28 heavy (non-hydrogen) atoms. The Balaban J connectivity index is 1.74. The highest BCUT2D eigenvalue weighted by atomic mass is 32.1. The van der Waals surface area contributed by atoms with Crippen LogP contribution < -0.4 is 14.4 Å². The summed E-state index contributed by atoms with van der Waals surface area (Å²) in [7, 11) is 5.46. The second-order valence-corrected chi connectivity index (χ2v) is 8.74. The number of anilines is 1. The van der Waals surface area contributed by atoms with Gasteiger partial charge < -0.3 is 14.4 Å². The fourth-order valence-corrected chi connectivity index (χ4v) is 5.44. The maximum atomic E-state index is 5.59. The predicted octanol–water partition coefficient (Wildman–Crippen LogP) is 4.78. The molecule has 0 N–H and O–H groups in total. The Morgan fingerprint density at radius 1 is 1.21 bits per heavy atom. The van der Waals surface area contributed by atoms with Crippen LogP contribution in [0.5, 0.6) is 11.5 Å². The Hall–Kier alpha value is -2.34. The number of benzene rings is 1. The van der Waals surface area contributed by atoms with E-state index >= 15 is 0 Å². The second-order valence-electron chi connectivity index (χ2n) is 7.66. The third kappa shape index (κ3) is 3.41. The van der Waals surface area contributed by atoms with Gasteiger partial charge in [-0.1, -0.05) is 6.92 Å². The van der Waals surface area contributed by atoms with Gasteiger partial charge in [-0.2, -0.15) is 0 Å². The minimum atomic E-state index is 0.708. The van der Waals surface area contributed by atoms with E-state index in [1.54, 1.807) is 14.2 Å². The highest BCUT2D eigenvalue weighted by Gasteiger charge is 2.25. The maximum Gasteiger partial charge on any atom is 0.141 e. The van der Waals surface area contributed by atoms with Gasteiger partial charge in [0.25, 0.3) is 0 Å². The molecule has 0 fully saturated rings. The number of nitrogens with zero attached hydrogens (tertiary/aromatic N) is 3. The highest BCUT2D eigenvalue weighted by molar-refractivity contribution is 7.19. The van der Waals surface area contributed by atoms with E-state index in [2.05, 4.69) is 24.9 Å². The van der Waals surface area contributed by atoms with Gasteiger partial charge in [0.05, 0.1) is 19.6 Å². The molecule has 0 saturated carbocycles. The molecule has 1 aromatic carbocycles. The van der Waals surface area contributed by atoms with E-state index < -0.39 is 0 Å². The van der Waals surface area contributed by atoms with Gasteiger partial charge in [-0.25, -0.2) is 9.97 Å². The summed E-state index contributed by atoms with van der Waals surface area (Å²) in [4.78, 5) is 14.4. The lowest BCUT2D eigenvalue weighted by molar-refractivity contribution is 0.391. The van der Waals surface area contributed by atoms with Crippen molar-refractivity contribution in [3.8, 4) is 11.5 Å². The molecule has 0 radical (unpaired) electrons. The third-order valence-electron chi connectivity index (χ3n) is 5.51. The van der Waals surface area contributed by atoms with Gasteiger partial charge in [0, 0.05) is 30.1 Å². The monoisotopic (exact) mass is 397 g/mol. The minimum absolute atomic E-state index is 0.708. The number of fused-ring (bicyclic) bond motifs is 3. The summed E-state index contributed by atoms with van der Waals surface area (Å²) >= 11 is 1.85. The number of rotatable bonds is 5. The lowest BCUT2D eigenvalue weighted by Crippen LogP contribution is -2.20. The van der Waals surface area contributed by atoms with Crippen molar-refractivity contribution in [2.45, 2.75) is 39.7 Å². The zero-order chi connectivity index (χ0) is 19.8. The minimum Gasteiger partial charge on any atom is -0.497 e. The van der Waals surface area contributed by atoms with Crippen molar-refractivity contribution in [2.75, 3.05) is 26.2 Å². The lowest BCUT2D eigenvalue weighted by atomic mass is 9.89. The van der Waals surface area contributed by atoms with Crippen molar-refractivity contribution < 1.29 is 9.47 Å². The zero-order valence-electron chi connectivity index (χ0n) is 17.2. The van der Waals surface area contributed by atoms with Crippen molar-refractivity contribution in [1.82, 2.24) is 9.97 Å². The van der Waals surface area contributed by atoms with Crippen molar-refractivity contribution >= 4 is 27.4 Å². The first kappa shape index (κ1) is 19.0. The third-order valence-corrected chi connectivity index (χ3v) is 6.66. The van der Waals surface area contributed by atoms with E-state index in [4.69, 9.17) is 19.4 Å². The standard InChI is InChI=1S/C22H27N3O2S/c1-13-6-9-17-19(10-13)28-22-20(17)21(23-14(2)24-22)25(3)12-15-7-8-16(26-4)11-18(15)27-5/h7-8,11,13H,6,9-10,12H2,1-5H3. The molecule has 1 unspecified atom stereocenters. The van der Waals surface area contributed by atoms with Crippen LogP contribution in [0, 0.1) is 12.8 Å². The molecule has 6 heteroatoms. The molecule has 4 rings (SSSR count). The number of thiophene rings is 1. The van der Waals surface area contributed by atoms with Gasteiger partial charge in [-0.05, 0) is 49.8 Å². The van der Waals surface area contributed by atoms with Crippen LogP contribution in [0.4, 0.5) is 5.82 Å². The average Bonchev–Trinajstić information content (AvgIpc) is 3.04. The van der Waals surface area contributed by atoms with Gasteiger partial charge in [0.15, 0.2) is 0 Å². The summed E-state index contributed by atoms with van der Waals surface area (Å²) in [6, 6.07) is 5.96. The molecule has 0 spiro atoms. The molecule has 1 aliphatic rings. The SMILES string of the molecule is COc1ccc(CN(C)c2nc(C)nc3sc4c(c23)CCC(C)C4)c(OC)c1. The van der Waals surface area contributed by atoms with Gasteiger partial charge in [0.2, 0.25) is 0 Å². The van der Waals surface area contributed by atoms with Crippen LogP contribution in [0.2, 0.25) is 0 Å². The molecule has 1 atom stereocenters. The number of ether oxygens (including phenoxy) is 2. The molecule has 148 valence electrons. The van der Waals surface area contributed by atoms with Crippen LogP contribution in [0.25, 0.3) is 10.2 Å². The summed E-state index contributed by atoms with van der Waals surface area (Å²) in [6.45, 7) is 5.03. The zero-order valence-corrected chi connectivity index (χ0v) is 18.0. The molecule has 0 aliphatic heterocycles. The maximum absolute atomic E-state index is 5.59. The molecule has 0 saturated heterocycles. The van der Waals surface area contributed by atoms with Crippen LogP contribution in [-0.4, -0.2) is 31.2 Å². The van der Waals surface area contributed by atoms with Gasteiger partial charge in [-0.15, -0.1) is 11.3 Å². The number of methoxy groups -OCH3 is 2. The van der Waals surface area contributed by atoms with Crippen molar-refractivity contribution in [2.24, 2.45) is 5.92 Å². The smallest absolute Gasteiger partial charge is 0.141 e. The van der Waals surface area contributed by atoms with E-state index in [9.17, 15) is 0 Å². The van der Waals surface area contributed by atoms with Crippen LogP contribution in [0.15, 0.2) is 18.2 Å². The number of hydrogen-bond acceptors (Lipinski definition) is 6. The molecule has 0 amide bonds. The first-order chi connectivity index (χ1) is 13.5. The van der Waals surface area contributed by atoms with E-state index in [0.29, 0.717) is 6.54 Å². The Morgan fingerprint density at radius 3 is 2.79 bits per heavy atom. The largest absolute Gasteiger partial charge is 0.497 e.